The lowest BCUT2D eigenvalue weighted by Crippen LogP contribution is -2.44. The molecule has 0 amide bonds. The van der Waals surface area contributed by atoms with Gasteiger partial charge in [0.15, 0.2) is 5.65 Å². The van der Waals surface area contributed by atoms with Gasteiger partial charge in [-0.05, 0) is 30.7 Å². The number of fused-ring (bicyclic) bond motifs is 3. The van der Waals surface area contributed by atoms with Gasteiger partial charge in [0.1, 0.15) is 5.75 Å². The minimum atomic E-state index is -3.21. The van der Waals surface area contributed by atoms with Gasteiger partial charge in [0.05, 0.1) is 11.9 Å². The van der Waals surface area contributed by atoms with Crippen molar-refractivity contribution in [1.82, 2.24) is 14.4 Å². The van der Waals surface area contributed by atoms with Crippen LogP contribution in [0.4, 0.5) is 0 Å². The molecular weight excluding hydrogens is 353 g/mol. The molecule has 1 saturated carbocycles. The maximum Gasteiger partial charge on any atom is 0.366 e. The van der Waals surface area contributed by atoms with Gasteiger partial charge in [-0.2, -0.15) is 4.73 Å². The van der Waals surface area contributed by atoms with E-state index in [1.165, 1.54) is 0 Å². The van der Waals surface area contributed by atoms with Crippen LogP contribution in [0, 0.1) is 0 Å². The third-order valence-corrected chi connectivity index (χ3v) is 6.66. The molecule has 2 aromatic rings. The molecule has 26 heavy (non-hydrogen) atoms. The van der Waals surface area contributed by atoms with Crippen LogP contribution in [0.3, 0.4) is 0 Å². The van der Waals surface area contributed by atoms with E-state index in [2.05, 4.69) is 9.71 Å². The van der Waals surface area contributed by atoms with Crippen LogP contribution in [0.5, 0.6) is 5.75 Å². The number of nitrogens with one attached hydrogen (secondary N) is 1. The van der Waals surface area contributed by atoms with Crippen LogP contribution in [-0.4, -0.2) is 42.6 Å². The van der Waals surface area contributed by atoms with E-state index in [1.807, 2.05) is 19.0 Å². The molecule has 7 nitrogen and oxygen atoms in total. The van der Waals surface area contributed by atoms with Gasteiger partial charge in [-0.1, -0.05) is 25.4 Å². The van der Waals surface area contributed by atoms with E-state index in [4.69, 9.17) is 4.65 Å². The number of sulfonamides is 1. The predicted octanol–water partition coefficient (Wildman–Crippen LogP) is 1.95. The number of hydrogen-bond acceptors (Lipinski definition) is 5. The first-order valence-corrected chi connectivity index (χ1v) is 10.7. The molecule has 0 aromatic carbocycles. The smallest absolute Gasteiger partial charge is 0.366 e. The standard InChI is InChI=1S/C17H22BN3O4S/c1-2-3-6-26(23,24)20-12-7-11(8-12)14-10-21(22)17-16(14)13-4-5-18-25-15(13)9-19-17/h4-5,9-12,18,20,22H,2-3,6-8H2,1H3/t11-,12+. The molecule has 9 heteroatoms. The highest BCUT2D eigenvalue weighted by Gasteiger charge is 2.35. The number of unbranched alkanes of at least 4 members (excludes halogenated alkanes) is 1. The largest absolute Gasteiger partial charge is 0.558 e. The third kappa shape index (κ3) is 3.10. The fourth-order valence-corrected chi connectivity index (χ4v) is 5.21. The zero-order chi connectivity index (χ0) is 18.3. The molecule has 2 aromatic heterocycles. The summed E-state index contributed by atoms with van der Waals surface area (Å²) in [6.07, 6.45) is 8.29. The highest BCUT2D eigenvalue weighted by atomic mass is 32.2. The second-order valence-corrected chi connectivity index (χ2v) is 8.91. The van der Waals surface area contributed by atoms with Crippen molar-refractivity contribution < 1.29 is 18.3 Å². The van der Waals surface area contributed by atoms with Gasteiger partial charge in [-0.3, -0.25) is 0 Å². The van der Waals surface area contributed by atoms with Crippen molar-refractivity contribution in [1.29, 1.82) is 0 Å². The second kappa shape index (κ2) is 6.63. The van der Waals surface area contributed by atoms with Crippen molar-refractivity contribution in [2.45, 2.75) is 44.6 Å². The minimum Gasteiger partial charge on any atom is -0.558 e. The Balaban J connectivity index is 1.55. The summed E-state index contributed by atoms with van der Waals surface area (Å²) in [5.74, 6) is 3.02. The lowest BCUT2D eigenvalue weighted by molar-refractivity contribution is 0.196. The van der Waals surface area contributed by atoms with Crippen LogP contribution >= 0.6 is 0 Å². The Morgan fingerprint density at radius 2 is 2.27 bits per heavy atom. The zero-order valence-corrected chi connectivity index (χ0v) is 15.5. The number of rotatable bonds is 6. The minimum absolute atomic E-state index is 0.0433. The van der Waals surface area contributed by atoms with E-state index in [1.54, 1.807) is 12.4 Å². The molecule has 1 aliphatic carbocycles. The van der Waals surface area contributed by atoms with E-state index in [9.17, 15) is 13.6 Å². The Bertz CT molecular complexity index is 964. The first-order valence-electron chi connectivity index (χ1n) is 9.01. The van der Waals surface area contributed by atoms with Gasteiger partial charge in [-0.15, -0.1) is 0 Å². The summed E-state index contributed by atoms with van der Waals surface area (Å²) in [5, 5.41) is 11.1. The SMILES string of the molecule is CCCCS(=O)(=O)N[C@H]1C[C@@H](c2cn(O)c3ncc4c(c32)C=CBO4)C1. The molecule has 1 fully saturated rings. The average molecular weight is 375 g/mol. The molecule has 2 aliphatic rings. The maximum absolute atomic E-state index is 12.1. The molecule has 0 unspecified atom stereocenters. The molecule has 4 rings (SSSR count). The van der Waals surface area contributed by atoms with E-state index < -0.39 is 10.0 Å². The molecule has 0 radical (unpaired) electrons. The highest BCUT2D eigenvalue weighted by molar-refractivity contribution is 7.89. The summed E-state index contributed by atoms with van der Waals surface area (Å²) in [6.45, 7) is 1.98. The van der Waals surface area contributed by atoms with Crippen LogP contribution in [0.15, 0.2) is 18.4 Å². The Hall–Kier alpha value is -2.00. The number of hydrogen-bond donors (Lipinski definition) is 2. The second-order valence-electron chi connectivity index (χ2n) is 7.03. The lowest BCUT2D eigenvalue weighted by Gasteiger charge is -2.35. The zero-order valence-electron chi connectivity index (χ0n) is 14.7. The third-order valence-electron chi connectivity index (χ3n) is 5.14. The molecule has 0 bridgehead atoms. The van der Waals surface area contributed by atoms with Crippen molar-refractivity contribution in [2.24, 2.45) is 0 Å². The van der Waals surface area contributed by atoms with Crippen molar-refractivity contribution in [3.8, 4) is 5.75 Å². The normalized spacial score (nSPS) is 21.7. The van der Waals surface area contributed by atoms with E-state index in [-0.39, 0.29) is 17.7 Å². The quantitative estimate of drug-likeness (QED) is 0.595. The van der Waals surface area contributed by atoms with Crippen LogP contribution in [0.25, 0.3) is 17.1 Å². The summed E-state index contributed by atoms with van der Waals surface area (Å²) >= 11 is 0. The molecular formula is C17H22BN3O4S. The summed E-state index contributed by atoms with van der Waals surface area (Å²) in [4.78, 5) is 4.31. The van der Waals surface area contributed by atoms with Crippen molar-refractivity contribution in [3.05, 3.63) is 29.5 Å². The predicted molar refractivity (Wildman–Crippen MR) is 101 cm³/mol. The average Bonchev–Trinajstić information content (AvgIpc) is 2.93. The van der Waals surface area contributed by atoms with E-state index >= 15 is 0 Å². The molecule has 0 saturated heterocycles. The summed E-state index contributed by atoms with van der Waals surface area (Å²) in [5.41, 5.74) is 2.42. The topological polar surface area (TPSA) is 93.5 Å². The molecule has 0 atom stereocenters. The summed E-state index contributed by atoms with van der Waals surface area (Å²) in [6, 6.07) is -0.0433. The fourth-order valence-electron chi connectivity index (χ4n) is 3.72. The van der Waals surface area contributed by atoms with Crippen LogP contribution < -0.4 is 9.38 Å². The Morgan fingerprint density at radius 1 is 1.46 bits per heavy atom. The lowest BCUT2D eigenvalue weighted by atomic mass is 9.76. The first-order chi connectivity index (χ1) is 12.5. The highest BCUT2D eigenvalue weighted by Crippen LogP contribution is 2.43. The monoisotopic (exact) mass is 375 g/mol. The fraction of sp³-hybridized carbons (Fsp3) is 0.471. The summed E-state index contributed by atoms with van der Waals surface area (Å²) in [7, 11) is -2.69. The number of aromatic nitrogens is 2. The van der Waals surface area contributed by atoms with Crippen LogP contribution in [0.2, 0.25) is 0 Å². The van der Waals surface area contributed by atoms with Gasteiger partial charge in [0.25, 0.3) is 0 Å². The Morgan fingerprint density at radius 3 is 3.04 bits per heavy atom. The Labute approximate surface area is 153 Å². The molecule has 0 spiro atoms. The van der Waals surface area contributed by atoms with Gasteiger partial charge in [0.2, 0.25) is 10.0 Å². The van der Waals surface area contributed by atoms with Crippen molar-refractivity contribution in [3.63, 3.8) is 0 Å². The van der Waals surface area contributed by atoms with Gasteiger partial charge < -0.3 is 9.86 Å². The summed E-state index contributed by atoms with van der Waals surface area (Å²) < 4.78 is 33.6. The van der Waals surface area contributed by atoms with Crippen molar-refractivity contribution >= 4 is 34.6 Å². The van der Waals surface area contributed by atoms with Gasteiger partial charge in [0, 0.05) is 23.2 Å². The maximum atomic E-state index is 12.1. The van der Waals surface area contributed by atoms with Crippen molar-refractivity contribution in [2.75, 3.05) is 5.75 Å². The Kier molecular flexibility index (Phi) is 4.44. The van der Waals surface area contributed by atoms with Gasteiger partial charge in [-0.25, -0.2) is 18.1 Å². The van der Waals surface area contributed by atoms with E-state index in [0.29, 0.717) is 25.3 Å². The molecule has 2 N–H and O–H groups in total. The number of pyridine rings is 1. The van der Waals surface area contributed by atoms with E-state index in [0.717, 1.165) is 40.5 Å². The van der Waals surface area contributed by atoms with Crippen LogP contribution in [-0.2, 0) is 10.0 Å². The molecule has 3 heterocycles. The van der Waals surface area contributed by atoms with Gasteiger partial charge >= 0.3 is 7.48 Å². The molecule has 138 valence electrons. The first kappa shape index (κ1) is 17.4. The number of nitrogens with zero attached hydrogens (tertiary/aromatic N) is 2. The molecule has 1 aliphatic heterocycles. The van der Waals surface area contributed by atoms with Crippen LogP contribution in [0.1, 0.15) is 49.7 Å².